The number of hydrogen-bond donors (Lipinski definition) is 1. The van der Waals surface area contributed by atoms with Gasteiger partial charge in [0.1, 0.15) is 5.75 Å². The summed E-state index contributed by atoms with van der Waals surface area (Å²) in [4.78, 5) is 14.0. The first kappa shape index (κ1) is 15.8. The molecule has 0 spiro atoms. The van der Waals surface area contributed by atoms with E-state index >= 15 is 0 Å². The Morgan fingerprint density at radius 1 is 1.41 bits per heavy atom. The molecule has 22 heavy (non-hydrogen) atoms. The normalized spacial score (nSPS) is 10.1. The van der Waals surface area contributed by atoms with Crippen LogP contribution in [0.4, 0.5) is 10.1 Å². The van der Waals surface area contributed by atoms with Crippen molar-refractivity contribution >= 4 is 23.3 Å². The van der Waals surface area contributed by atoms with Crippen molar-refractivity contribution in [3.05, 3.63) is 63.7 Å². The Labute approximate surface area is 131 Å². The summed E-state index contributed by atoms with van der Waals surface area (Å²) in [5, 5.41) is 9.08. The lowest BCUT2D eigenvalue weighted by atomic mass is 10.1. The molecule has 0 aromatic heterocycles. The molecule has 0 saturated heterocycles. The van der Waals surface area contributed by atoms with Gasteiger partial charge in [-0.25, -0.2) is 9.24 Å². The molecule has 112 valence electrons. The van der Waals surface area contributed by atoms with E-state index in [1.54, 1.807) is 13.0 Å². The maximum atomic E-state index is 14.4. The summed E-state index contributed by atoms with van der Waals surface area (Å²) in [6.07, 6.45) is -0.439. The Bertz CT molecular complexity index is 784. The predicted octanol–water partition coefficient (Wildman–Crippen LogP) is 4.76. The van der Waals surface area contributed by atoms with E-state index in [-0.39, 0.29) is 22.7 Å². The molecule has 4 nitrogen and oxygen atoms in total. The van der Waals surface area contributed by atoms with Crippen molar-refractivity contribution in [1.29, 1.82) is 0 Å². The number of rotatable bonds is 4. The number of nitrogens with zero attached hydrogens (tertiary/aromatic N) is 1. The molecule has 0 bridgehead atoms. The van der Waals surface area contributed by atoms with Crippen LogP contribution < -0.4 is 4.74 Å². The zero-order valence-electron chi connectivity index (χ0n) is 11.6. The molecule has 6 heteroatoms. The average molecular weight is 320 g/mol. The SMILES string of the molecule is [C-]#[N+]c1cc(Cl)cc(Oc2c(C)ccc(CC(=O)O)c2F)c1. The highest BCUT2D eigenvalue weighted by Crippen LogP contribution is 2.34. The summed E-state index contributed by atoms with van der Waals surface area (Å²) >= 11 is 5.88. The minimum absolute atomic E-state index is 0.0283. The number of halogens is 2. The standard InChI is InChI=1S/C16H11ClFNO3/c1-9-3-4-10(5-14(20)21)15(18)16(9)22-13-7-11(17)6-12(8-13)19-2/h3-4,6-8H,5H2,1H3,(H,20,21). The van der Waals surface area contributed by atoms with Gasteiger partial charge >= 0.3 is 5.97 Å². The summed E-state index contributed by atoms with van der Waals surface area (Å²) in [6.45, 7) is 8.63. The Morgan fingerprint density at radius 2 is 2.14 bits per heavy atom. The van der Waals surface area contributed by atoms with E-state index in [0.29, 0.717) is 10.6 Å². The Hall–Kier alpha value is -2.58. The molecule has 0 aliphatic rings. The molecule has 0 fully saturated rings. The van der Waals surface area contributed by atoms with Crippen molar-refractivity contribution in [2.24, 2.45) is 0 Å². The van der Waals surface area contributed by atoms with Gasteiger partial charge in [0.2, 0.25) is 0 Å². The molecule has 0 atom stereocenters. The smallest absolute Gasteiger partial charge is 0.307 e. The minimum atomic E-state index is -1.13. The van der Waals surface area contributed by atoms with E-state index in [0.717, 1.165) is 0 Å². The van der Waals surface area contributed by atoms with Crippen molar-refractivity contribution in [3.8, 4) is 11.5 Å². The number of hydrogen-bond acceptors (Lipinski definition) is 2. The maximum Gasteiger partial charge on any atom is 0.307 e. The average Bonchev–Trinajstić information content (AvgIpc) is 2.45. The van der Waals surface area contributed by atoms with Gasteiger partial charge in [0, 0.05) is 10.6 Å². The fourth-order valence-electron chi connectivity index (χ4n) is 1.91. The molecule has 0 aliphatic carbocycles. The quantitative estimate of drug-likeness (QED) is 0.827. The number of benzene rings is 2. The van der Waals surface area contributed by atoms with E-state index in [4.69, 9.17) is 28.0 Å². The second-order valence-electron chi connectivity index (χ2n) is 4.61. The fourth-order valence-corrected chi connectivity index (χ4v) is 2.13. The molecular formula is C16H11ClFNO3. The van der Waals surface area contributed by atoms with Crippen LogP contribution in [-0.2, 0) is 11.2 Å². The van der Waals surface area contributed by atoms with Gasteiger partial charge in [0.15, 0.2) is 17.3 Å². The van der Waals surface area contributed by atoms with Gasteiger partial charge in [-0.2, -0.15) is 0 Å². The number of carbonyl (C=O) groups is 1. The predicted molar refractivity (Wildman–Crippen MR) is 80.3 cm³/mol. The van der Waals surface area contributed by atoms with Crippen LogP contribution in [-0.4, -0.2) is 11.1 Å². The summed E-state index contributed by atoms with van der Waals surface area (Å²) in [5.74, 6) is -1.72. The zero-order valence-corrected chi connectivity index (χ0v) is 12.3. The van der Waals surface area contributed by atoms with Crippen LogP contribution in [0.25, 0.3) is 4.85 Å². The van der Waals surface area contributed by atoms with Crippen molar-refractivity contribution in [2.75, 3.05) is 0 Å². The minimum Gasteiger partial charge on any atom is -0.481 e. The third-order valence-electron chi connectivity index (χ3n) is 2.92. The summed E-state index contributed by atoms with van der Waals surface area (Å²) in [7, 11) is 0. The number of carboxylic acids is 1. The van der Waals surface area contributed by atoms with Gasteiger partial charge in [-0.05, 0) is 30.7 Å². The third kappa shape index (κ3) is 3.54. The Balaban J connectivity index is 2.43. The topological polar surface area (TPSA) is 50.9 Å². The van der Waals surface area contributed by atoms with Gasteiger partial charge < -0.3 is 9.84 Å². The van der Waals surface area contributed by atoms with Crippen molar-refractivity contribution in [1.82, 2.24) is 0 Å². The molecule has 0 aliphatic heterocycles. The summed E-state index contributed by atoms with van der Waals surface area (Å²) < 4.78 is 19.9. The highest BCUT2D eigenvalue weighted by molar-refractivity contribution is 6.31. The van der Waals surface area contributed by atoms with Crippen molar-refractivity contribution < 1.29 is 19.0 Å². The molecular weight excluding hydrogens is 309 g/mol. The zero-order chi connectivity index (χ0) is 16.3. The molecule has 0 unspecified atom stereocenters. The van der Waals surface area contributed by atoms with Crippen molar-refractivity contribution in [2.45, 2.75) is 13.3 Å². The monoisotopic (exact) mass is 319 g/mol. The highest BCUT2D eigenvalue weighted by Gasteiger charge is 2.16. The largest absolute Gasteiger partial charge is 0.481 e. The first-order valence-electron chi connectivity index (χ1n) is 6.26. The van der Waals surface area contributed by atoms with Crippen LogP contribution in [0, 0.1) is 19.3 Å². The summed E-state index contributed by atoms with van der Waals surface area (Å²) in [5.41, 5.74) is 0.804. The van der Waals surface area contributed by atoms with Crippen LogP contribution in [0.1, 0.15) is 11.1 Å². The van der Waals surface area contributed by atoms with Gasteiger partial charge in [0.05, 0.1) is 13.0 Å². The lowest BCUT2D eigenvalue weighted by molar-refractivity contribution is -0.136. The lowest BCUT2D eigenvalue weighted by Crippen LogP contribution is -2.04. The molecule has 0 radical (unpaired) electrons. The lowest BCUT2D eigenvalue weighted by Gasteiger charge is -2.12. The molecule has 2 rings (SSSR count). The van der Waals surface area contributed by atoms with Crippen LogP contribution in [0.15, 0.2) is 30.3 Å². The van der Waals surface area contributed by atoms with Gasteiger partial charge in [-0.3, -0.25) is 4.79 Å². The maximum absolute atomic E-state index is 14.4. The molecule has 0 amide bonds. The van der Waals surface area contributed by atoms with Gasteiger partial charge in [-0.1, -0.05) is 23.7 Å². The van der Waals surface area contributed by atoms with E-state index in [1.807, 2.05) is 0 Å². The number of ether oxygens (including phenoxy) is 1. The Morgan fingerprint density at radius 3 is 2.77 bits per heavy atom. The third-order valence-corrected chi connectivity index (χ3v) is 3.14. The number of carboxylic acid groups (broad SMARTS) is 1. The van der Waals surface area contributed by atoms with Crippen LogP contribution in [0.5, 0.6) is 11.5 Å². The first-order chi connectivity index (χ1) is 10.4. The summed E-state index contributed by atoms with van der Waals surface area (Å²) in [6, 6.07) is 7.34. The first-order valence-corrected chi connectivity index (χ1v) is 6.64. The molecule has 1 N–H and O–H groups in total. The van der Waals surface area contributed by atoms with Crippen molar-refractivity contribution in [3.63, 3.8) is 0 Å². The molecule has 2 aromatic rings. The van der Waals surface area contributed by atoms with E-state index in [1.165, 1.54) is 24.3 Å². The van der Waals surface area contributed by atoms with Crippen LogP contribution in [0.3, 0.4) is 0 Å². The highest BCUT2D eigenvalue weighted by atomic mass is 35.5. The van der Waals surface area contributed by atoms with Gasteiger partial charge in [-0.15, -0.1) is 0 Å². The van der Waals surface area contributed by atoms with Crippen LogP contribution in [0.2, 0.25) is 5.02 Å². The Kier molecular flexibility index (Phi) is 4.64. The fraction of sp³-hybridized carbons (Fsp3) is 0.125. The van der Waals surface area contributed by atoms with E-state index < -0.39 is 18.2 Å². The van der Waals surface area contributed by atoms with E-state index in [2.05, 4.69) is 4.85 Å². The molecule has 2 aromatic carbocycles. The van der Waals surface area contributed by atoms with Gasteiger partial charge in [0.25, 0.3) is 0 Å². The molecule has 0 heterocycles. The number of aliphatic carboxylic acids is 1. The second kappa shape index (κ2) is 6.46. The molecule has 0 saturated carbocycles. The van der Waals surface area contributed by atoms with Crippen LogP contribution >= 0.6 is 11.6 Å². The number of aryl methyl sites for hydroxylation is 1. The second-order valence-corrected chi connectivity index (χ2v) is 5.05. The van der Waals surface area contributed by atoms with E-state index in [9.17, 15) is 9.18 Å².